The molecule has 0 amide bonds. The highest BCUT2D eigenvalue weighted by molar-refractivity contribution is 5.37. The van der Waals surface area contributed by atoms with Gasteiger partial charge >= 0.3 is 0 Å². The highest BCUT2D eigenvalue weighted by atomic mass is 19.1. The maximum atomic E-state index is 14.0. The topological polar surface area (TPSA) is 29.9 Å². The van der Waals surface area contributed by atoms with E-state index >= 15 is 0 Å². The van der Waals surface area contributed by atoms with E-state index in [-0.39, 0.29) is 11.7 Å². The zero-order chi connectivity index (χ0) is 17.1. The van der Waals surface area contributed by atoms with Gasteiger partial charge in [-0.1, -0.05) is 30.3 Å². The highest BCUT2D eigenvalue weighted by Crippen LogP contribution is 2.22. The normalized spacial score (nSPS) is 12.3. The first kappa shape index (κ1) is 16.3. The molecule has 0 fully saturated rings. The van der Waals surface area contributed by atoms with Crippen molar-refractivity contribution in [1.82, 2.24) is 15.1 Å². The van der Waals surface area contributed by atoms with E-state index in [0.29, 0.717) is 0 Å². The number of rotatable bonds is 5. The maximum Gasteiger partial charge on any atom is 0.151 e. The minimum absolute atomic E-state index is 0.0578. The summed E-state index contributed by atoms with van der Waals surface area (Å²) >= 11 is 0. The minimum Gasteiger partial charge on any atom is -0.306 e. The van der Waals surface area contributed by atoms with Crippen molar-refractivity contribution in [2.24, 2.45) is 0 Å². The van der Waals surface area contributed by atoms with Crippen LogP contribution < -0.4 is 5.32 Å². The molecule has 0 saturated carbocycles. The molecule has 0 aliphatic heterocycles. The Hall–Kier alpha value is -2.53. The van der Waals surface area contributed by atoms with Crippen molar-refractivity contribution >= 4 is 0 Å². The Labute approximate surface area is 139 Å². The Kier molecular flexibility index (Phi) is 4.71. The SMILES string of the molecule is Cc1c([C@@H](C)NCc2ccccc2)cnn1-c1ccc(F)cc1F. The van der Waals surface area contributed by atoms with Crippen LogP contribution in [0.1, 0.15) is 29.8 Å². The molecule has 1 N–H and O–H groups in total. The van der Waals surface area contributed by atoms with Gasteiger partial charge in [0, 0.05) is 29.9 Å². The fourth-order valence-corrected chi connectivity index (χ4v) is 2.72. The second-order valence-electron chi connectivity index (χ2n) is 5.78. The summed E-state index contributed by atoms with van der Waals surface area (Å²) < 4.78 is 28.6. The van der Waals surface area contributed by atoms with Gasteiger partial charge in [-0.25, -0.2) is 13.5 Å². The smallest absolute Gasteiger partial charge is 0.151 e. The lowest BCUT2D eigenvalue weighted by atomic mass is 10.1. The summed E-state index contributed by atoms with van der Waals surface area (Å²) in [7, 11) is 0. The Morgan fingerprint density at radius 1 is 1.12 bits per heavy atom. The molecular formula is C19H19F2N3. The lowest BCUT2D eigenvalue weighted by Crippen LogP contribution is -2.18. The second kappa shape index (κ2) is 6.93. The van der Waals surface area contributed by atoms with Gasteiger partial charge in [0.2, 0.25) is 0 Å². The molecule has 124 valence electrons. The van der Waals surface area contributed by atoms with Crippen LogP contribution in [-0.2, 0) is 6.54 Å². The molecule has 0 saturated heterocycles. The fraction of sp³-hybridized carbons (Fsp3) is 0.211. The zero-order valence-corrected chi connectivity index (χ0v) is 13.6. The van der Waals surface area contributed by atoms with E-state index in [4.69, 9.17) is 0 Å². The standard InChI is InChI=1S/C19H19F2N3/c1-13(22-11-15-6-4-3-5-7-15)17-12-23-24(14(17)2)19-9-8-16(20)10-18(19)21/h3-10,12-13,22H,11H2,1-2H3/t13-/m1/s1. The molecule has 0 aliphatic carbocycles. The summed E-state index contributed by atoms with van der Waals surface area (Å²) in [5.74, 6) is -1.23. The van der Waals surface area contributed by atoms with Gasteiger partial charge in [-0.3, -0.25) is 0 Å². The molecule has 1 atom stereocenters. The number of nitrogens with one attached hydrogen (secondary N) is 1. The second-order valence-corrected chi connectivity index (χ2v) is 5.78. The third-order valence-corrected chi connectivity index (χ3v) is 4.11. The molecule has 0 aliphatic rings. The summed E-state index contributed by atoms with van der Waals surface area (Å²) in [6, 6.07) is 13.7. The van der Waals surface area contributed by atoms with Gasteiger partial charge in [0.25, 0.3) is 0 Å². The molecule has 3 rings (SSSR count). The summed E-state index contributed by atoms with van der Waals surface area (Å²) in [4.78, 5) is 0. The van der Waals surface area contributed by atoms with Crippen LogP contribution in [0.25, 0.3) is 5.69 Å². The number of hydrogen-bond donors (Lipinski definition) is 1. The van der Waals surface area contributed by atoms with Crippen LogP contribution in [0.3, 0.4) is 0 Å². The summed E-state index contributed by atoms with van der Waals surface area (Å²) in [6.45, 7) is 4.65. The average Bonchev–Trinajstić information content (AvgIpc) is 2.95. The van der Waals surface area contributed by atoms with Crippen LogP contribution in [0.15, 0.2) is 54.7 Å². The van der Waals surface area contributed by atoms with Gasteiger partial charge in [-0.15, -0.1) is 0 Å². The molecule has 2 aromatic carbocycles. The molecule has 1 aromatic heterocycles. The Morgan fingerprint density at radius 2 is 1.88 bits per heavy atom. The van der Waals surface area contributed by atoms with Crippen LogP contribution in [-0.4, -0.2) is 9.78 Å². The molecule has 5 heteroatoms. The van der Waals surface area contributed by atoms with Crippen molar-refractivity contribution in [3.8, 4) is 5.69 Å². The lowest BCUT2D eigenvalue weighted by Gasteiger charge is -2.14. The Balaban J connectivity index is 1.79. The van der Waals surface area contributed by atoms with Crippen LogP contribution in [0.2, 0.25) is 0 Å². The van der Waals surface area contributed by atoms with Crippen LogP contribution >= 0.6 is 0 Å². The number of benzene rings is 2. The Morgan fingerprint density at radius 3 is 2.58 bits per heavy atom. The first-order valence-corrected chi connectivity index (χ1v) is 7.83. The summed E-state index contributed by atoms with van der Waals surface area (Å²) in [6.07, 6.45) is 1.72. The molecule has 0 bridgehead atoms. The molecule has 1 heterocycles. The van der Waals surface area contributed by atoms with Crippen molar-refractivity contribution in [1.29, 1.82) is 0 Å². The van der Waals surface area contributed by atoms with Gasteiger partial charge in [0.05, 0.1) is 6.20 Å². The van der Waals surface area contributed by atoms with E-state index in [1.165, 1.54) is 22.4 Å². The van der Waals surface area contributed by atoms with E-state index in [2.05, 4.69) is 22.5 Å². The quantitative estimate of drug-likeness (QED) is 0.757. The predicted octanol–water partition coefficient (Wildman–Crippen LogP) is 4.31. The van der Waals surface area contributed by atoms with E-state index in [1.54, 1.807) is 6.20 Å². The largest absolute Gasteiger partial charge is 0.306 e. The van der Waals surface area contributed by atoms with Gasteiger partial charge in [-0.05, 0) is 31.5 Å². The van der Waals surface area contributed by atoms with Gasteiger partial charge in [0.1, 0.15) is 11.5 Å². The number of nitrogens with zero attached hydrogens (tertiary/aromatic N) is 2. The summed E-state index contributed by atoms with van der Waals surface area (Å²) in [5, 5.41) is 7.70. The molecule has 24 heavy (non-hydrogen) atoms. The first-order valence-electron chi connectivity index (χ1n) is 7.83. The molecule has 0 radical (unpaired) electrons. The van der Waals surface area contributed by atoms with Crippen LogP contribution in [0.4, 0.5) is 8.78 Å². The van der Waals surface area contributed by atoms with Crippen molar-refractivity contribution in [2.75, 3.05) is 0 Å². The van der Waals surface area contributed by atoms with Gasteiger partial charge in [-0.2, -0.15) is 5.10 Å². The maximum absolute atomic E-state index is 14.0. The number of aromatic nitrogens is 2. The van der Waals surface area contributed by atoms with Crippen molar-refractivity contribution in [2.45, 2.75) is 26.4 Å². The Bertz CT molecular complexity index is 828. The van der Waals surface area contributed by atoms with Gasteiger partial charge < -0.3 is 5.32 Å². The van der Waals surface area contributed by atoms with E-state index in [1.807, 2.05) is 32.0 Å². The molecule has 3 nitrogen and oxygen atoms in total. The third-order valence-electron chi connectivity index (χ3n) is 4.11. The predicted molar refractivity (Wildman–Crippen MR) is 89.9 cm³/mol. The third kappa shape index (κ3) is 3.36. The lowest BCUT2D eigenvalue weighted by molar-refractivity contribution is 0.566. The first-order chi connectivity index (χ1) is 11.6. The van der Waals surface area contributed by atoms with Crippen molar-refractivity contribution in [3.63, 3.8) is 0 Å². The number of hydrogen-bond acceptors (Lipinski definition) is 2. The number of halogens is 2. The van der Waals surface area contributed by atoms with E-state index in [0.717, 1.165) is 23.9 Å². The van der Waals surface area contributed by atoms with E-state index < -0.39 is 11.6 Å². The molecule has 3 aromatic rings. The molecular weight excluding hydrogens is 308 g/mol. The van der Waals surface area contributed by atoms with E-state index in [9.17, 15) is 8.78 Å². The van der Waals surface area contributed by atoms with Crippen molar-refractivity contribution < 1.29 is 8.78 Å². The highest BCUT2D eigenvalue weighted by Gasteiger charge is 2.16. The van der Waals surface area contributed by atoms with Crippen LogP contribution in [0, 0.1) is 18.6 Å². The summed E-state index contributed by atoms with van der Waals surface area (Å²) in [5.41, 5.74) is 3.25. The minimum atomic E-state index is -0.627. The van der Waals surface area contributed by atoms with Crippen LogP contribution in [0.5, 0.6) is 0 Å². The van der Waals surface area contributed by atoms with Crippen molar-refractivity contribution in [3.05, 3.63) is 83.2 Å². The average molecular weight is 327 g/mol. The monoisotopic (exact) mass is 327 g/mol. The zero-order valence-electron chi connectivity index (χ0n) is 13.6. The molecule has 0 spiro atoms. The van der Waals surface area contributed by atoms with Gasteiger partial charge in [0.15, 0.2) is 5.82 Å². The fourth-order valence-electron chi connectivity index (χ4n) is 2.72. The molecule has 0 unspecified atom stereocenters.